The van der Waals surface area contributed by atoms with Crippen molar-refractivity contribution in [2.24, 2.45) is 23.2 Å². The molecule has 0 aromatic carbocycles. The van der Waals surface area contributed by atoms with Gasteiger partial charge in [-0.25, -0.2) is 0 Å². The molecule has 1 N–H and O–H groups in total. The van der Waals surface area contributed by atoms with Gasteiger partial charge in [0, 0.05) is 26.2 Å². The summed E-state index contributed by atoms with van der Waals surface area (Å²) in [6, 6.07) is 0. The van der Waals surface area contributed by atoms with Crippen molar-refractivity contribution in [3.8, 4) is 0 Å². The maximum atomic E-state index is 10.3. The van der Waals surface area contributed by atoms with E-state index in [0.29, 0.717) is 18.6 Å². The summed E-state index contributed by atoms with van der Waals surface area (Å²) in [6.07, 6.45) is 10.2. The summed E-state index contributed by atoms with van der Waals surface area (Å²) in [6.45, 7) is 8.05. The third-order valence-electron chi connectivity index (χ3n) is 7.22. The highest BCUT2D eigenvalue weighted by Gasteiger charge is 2.50. The minimum absolute atomic E-state index is 0.257. The molecule has 0 unspecified atom stereocenters. The molecule has 25 heavy (non-hydrogen) atoms. The van der Waals surface area contributed by atoms with E-state index >= 15 is 0 Å². The van der Waals surface area contributed by atoms with Crippen molar-refractivity contribution < 1.29 is 14.6 Å². The molecule has 4 nitrogen and oxygen atoms in total. The fourth-order valence-corrected chi connectivity index (χ4v) is 6.89. The molecule has 0 aromatic rings. The number of aliphatic hydroxyl groups excluding tert-OH is 1. The molecule has 144 valence electrons. The maximum Gasteiger partial charge on any atom is 0.0900 e. The summed E-state index contributed by atoms with van der Waals surface area (Å²) >= 11 is 0. The Balaban J connectivity index is 1.16. The first-order chi connectivity index (χ1) is 12.0. The molecular formula is C21H37NO3. The topological polar surface area (TPSA) is 41.9 Å². The molecule has 5 rings (SSSR count). The van der Waals surface area contributed by atoms with Crippen LogP contribution in [0, 0.1) is 23.2 Å². The van der Waals surface area contributed by atoms with Crippen LogP contribution in [0.25, 0.3) is 0 Å². The normalized spacial score (nSPS) is 45.0. The predicted octanol–water partition coefficient (Wildman–Crippen LogP) is 3.08. The minimum atomic E-state index is -0.381. The van der Waals surface area contributed by atoms with Crippen molar-refractivity contribution in [3.63, 3.8) is 0 Å². The summed E-state index contributed by atoms with van der Waals surface area (Å²) in [5, 5.41) is 10.3. The molecule has 5 aliphatic rings. The van der Waals surface area contributed by atoms with Gasteiger partial charge < -0.3 is 14.6 Å². The van der Waals surface area contributed by atoms with E-state index in [4.69, 9.17) is 9.47 Å². The van der Waals surface area contributed by atoms with Gasteiger partial charge in [-0.3, -0.25) is 4.90 Å². The van der Waals surface area contributed by atoms with Gasteiger partial charge in [0.25, 0.3) is 0 Å². The Labute approximate surface area is 153 Å². The second-order valence-corrected chi connectivity index (χ2v) is 9.87. The summed E-state index contributed by atoms with van der Waals surface area (Å²) in [5.41, 5.74) is 0.592. The van der Waals surface area contributed by atoms with E-state index in [1.807, 2.05) is 0 Å². The van der Waals surface area contributed by atoms with E-state index in [0.717, 1.165) is 37.5 Å². The highest BCUT2D eigenvalue weighted by molar-refractivity contribution is 5.01. The molecule has 5 fully saturated rings. The van der Waals surface area contributed by atoms with Crippen LogP contribution in [0.1, 0.15) is 58.8 Å². The highest BCUT2D eigenvalue weighted by atomic mass is 16.5. The Morgan fingerprint density at radius 2 is 1.60 bits per heavy atom. The van der Waals surface area contributed by atoms with Crippen LogP contribution in [0.15, 0.2) is 0 Å². The summed E-state index contributed by atoms with van der Waals surface area (Å²) in [7, 11) is 0. The van der Waals surface area contributed by atoms with Crippen LogP contribution in [0.3, 0.4) is 0 Å². The van der Waals surface area contributed by atoms with Crippen molar-refractivity contribution in [2.75, 3.05) is 32.8 Å². The quantitative estimate of drug-likeness (QED) is 0.716. The van der Waals surface area contributed by atoms with Gasteiger partial charge in [-0.15, -0.1) is 0 Å². The number of rotatable bonds is 7. The second kappa shape index (κ2) is 7.46. The van der Waals surface area contributed by atoms with Crippen LogP contribution in [-0.4, -0.2) is 61.2 Å². The third-order valence-corrected chi connectivity index (χ3v) is 7.22. The second-order valence-electron chi connectivity index (χ2n) is 9.87. The van der Waals surface area contributed by atoms with Crippen molar-refractivity contribution in [1.82, 2.24) is 4.90 Å². The molecule has 0 amide bonds. The predicted molar refractivity (Wildman–Crippen MR) is 98.5 cm³/mol. The Morgan fingerprint density at radius 3 is 2.16 bits per heavy atom. The van der Waals surface area contributed by atoms with Gasteiger partial charge in [-0.1, -0.05) is 0 Å². The fraction of sp³-hybridized carbons (Fsp3) is 1.00. The zero-order valence-corrected chi connectivity index (χ0v) is 16.2. The first kappa shape index (κ1) is 18.2. The van der Waals surface area contributed by atoms with Crippen LogP contribution in [-0.2, 0) is 9.47 Å². The molecule has 1 heterocycles. The van der Waals surface area contributed by atoms with Gasteiger partial charge in [-0.05, 0) is 82.0 Å². The van der Waals surface area contributed by atoms with Crippen molar-refractivity contribution in [1.29, 1.82) is 0 Å². The van der Waals surface area contributed by atoms with E-state index < -0.39 is 0 Å². The first-order valence-corrected chi connectivity index (χ1v) is 10.6. The Morgan fingerprint density at radius 1 is 1.04 bits per heavy atom. The maximum absolute atomic E-state index is 10.3. The number of ether oxygens (including phenoxy) is 2. The lowest BCUT2D eigenvalue weighted by atomic mass is 9.49. The van der Waals surface area contributed by atoms with Crippen LogP contribution < -0.4 is 0 Å². The Hall–Kier alpha value is -0.160. The largest absolute Gasteiger partial charge is 0.389 e. The number of morpholine rings is 1. The van der Waals surface area contributed by atoms with E-state index in [-0.39, 0.29) is 18.3 Å². The van der Waals surface area contributed by atoms with Gasteiger partial charge in [0.1, 0.15) is 0 Å². The molecule has 0 radical (unpaired) electrons. The molecular weight excluding hydrogens is 314 g/mol. The average Bonchev–Trinajstić information content (AvgIpc) is 2.49. The molecule has 1 saturated heterocycles. The fourth-order valence-electron chi connectivity index (χ4n) is 6.89. The molecule has 0 spiro atoms. The van der Waals surface area contributed by atoms with Gasteiger partial charge in [0.05, 0.1) is 24.9 Å². The standard InChI is InChI=1S/C21H37NO3/c1-15-11-22(12-16(2)25-15)13-20(23)14-24-4-3-21-8-17-5-18(9-21)7-19(6-17)10-21/h15-20,23H,3-14H2,1-2H3/t15-,16+,17?,18?,19?,20-,21?/m1/s1. The van der Waals surface area contributed by atoms with Gasteiger partial charge in [0.15, 0.2) is 0 Å². The molecule has 3 atom stereocenters. The van der Waals surface area contributed by atoms with Crippen LogP contribution >= 0.6 is 0 Å². The number of hydrogen-bond donors (Lipinski definition) is 1. The highest BCUT2D eigenvalue weighted by Crippen LogP contribution is 2.61. The van der Waals surface area contributed by atoms with E-state index in [2.05, 4.69) is 18.7 Å². The molecule has 4 bridgehead atoms. The molecule has 4 heteroatoms. The number of β-amino-alcohol motifs (C(OH)–C–C–N with tert-alkyl or cyclic N) is 1. The minimum Gasteiger partial charge on any atom is -0.389 e. The average molecular weight is 352 g/mol. The van der Waals surface area contributed by atoms with E-state index in [1.54, 1.807) is 0 Å². The first-order valence-electron chi connectivity index (χ1n) is 10.6. The smallest absolute Gasteiger partial charge is 0.0900 e. The lowest BCUT2D eigenvalue weighted by molar-refractivity contribution is -0.0882. The SMILES string of the molecule is C[C@@H]1CN(C[C@@H](O)COCCC23CC4CC(CC(C4)C2)C3)C[C@H](C)O1. The Bertz CT molecular complexity index is 409. The van der Waals surface area contributed by atoms with Crippen LogP contribution in [0.5, 0.6) is 0 Å². The zero-order valence-electron chi connectivity index (χ0n) is 16.2. The molecule has 0 aromatic heterocycles. The van der Waals surface area contributed by atoms with Crippen LogP contribution in [0.2, 0.25) is 0 Å². The lowest BCUT2D eigenvalue weighted by Crippen LogP contribution is -2.48. The molecule has 4 saturated carbocycles. The van der Waals surface area contributed by atoms with Gasteiger partial charge in [0.2, 0.25) is 0 Å². The Kier molecular flexibility index (Phi) is 5.43. The number of hydrogen-bond acceptors (Lipinski definition) is 4. The van der Waals surface area contributed by atoms with Crippen molar-refractivity contribution >= 4 is 0 Å². The summed E-state index contributed by atoms with van der Waals surface area (Å²) < 4.78 is 11.7. The lowest BCUT2D eigenvalue weighted by Gasteiger charge is -2.57. The monoisotopic (exact) mass is 351 g/mol. The van der Waals surface area contributed by atoms with Gasteiger partial charge in [-0.2, -0.15) is 0 Å². The van der Waals surface area contributed by atoms with E-state index in [9.17, 15) is 5.11 Å². The summed E-state index contributed by atoms with van der Waals surface area (Å²) in [5.74, 6) is 3.05. The van der Waals surface area contributed by atoms with Crippen molar-refractivity contribution in [2.45, 2.75) is 77.1 Å². The number of nitrogens with zero attached hydrogens (tertiary/aromatic N) is 1. The van der Waals surface area contributed by atoms with Crippen molar-refractivity contribution in [3.05, 3.63) is 0 Å². The zero-order chi connectivity index (χ0) is 17.4. The van der Waals surface area contributed by atoms with E-state index in [1.165, 1.54) is 44.9 Å². The molecule has 1 aliphatic heterocycles. The van der Waals surface area contributed by atoms with Gasteiger partial charge >= 0.3 is 0 Å². The molecule has 4 aliphatic carbocycles. The number of aliphatic hydroxyl groups is 1. The summed E-state index contributed by atoms with van der Waals surface area (Å²) in [4.78, 5) is 2.31. The third kappa shape index (κ3) is 4.40. The van der Waals surface area contributed by atoms with Crippen LogP contribution in [0.4, 0.5) is 0 Å².